The SMILES string of the molecule is Cc1cccc(CNC(=O)NCc2ccccc2OC2CCCC2)c1. The van der Waals surface area contributed by atoms with E-state index in [1.807, 2.05) is 49.4 Å². The highest BCUT2D eigenvalue weighted by atomic mass is 16.5. The molecular formula is C21H26N2O2. The molecule has 1 aliphatic rings. The zero-order valence-electron chi connectivity index (χ0n) is 14.8. The van der Waals surface area contributed by atoms with Gasteiger partial charge >= 0.3 is 6.03 Å². The normalized spacial score (nSPS) is 14.3. The minimum atomic E-state index is -0.169. The molecule has 4 heteroatoms. The Morgan fingerprint density at radius 2 is 1.80 bits per heavy atom. The van der Waals surface area contributed by atoms with Crippen molar-refractivity contribution in [1.82, 2.24) is 10.6 Å². The highest BCUT2D eigenvalue weighted by molar-refractivity contribution is 5.73. The van der Waals surface area contributed by atoms with Crippen molar-refractivity contribution in [3.8, 4) is 5.75 Å². The van der Waals surface area contributed by atoms with Gasteiger partial charge < -0.3 is 15.4 Å². The summed E-state index contributed by atoms with van der Waals surface area (Å²) in [6, 6.07) is 15.9. The average Bonchev–Trinajstić information content (AvgIpc) is 3.12. The predicted octanol–water partition coefficient (Wildman–Crippen LogP) is 4.32. The molecule has 0 aliphatic heterocycles. The molecule has 4 nitrogen and oxygen atoms in total. The van der Waals surface area contributed by atoms with Crippen molar-refractivity contribution >= 4 is 6.03 Å². The van der Waals surface area contributed by atoms with E-state index in [1.54, 1.807) is 0 Å². The molecule has 0 unspecified atom stereocenters. The molecule has 1 fully saturated rings. The molecule has 25 heavy (non-hydrogen) atoms. The monoisotopic (exact) mass is 338 g/mol. The Bertz CT molecular complexity index is 709. The molecule has 0 bridgehead atoms. The lowest BCUT2D eigenvalue weighted by Crippen LogP contribution is -2.34. The molecule has 0 aromatic heterocycles. The zero-order valence-corrected chi connectivity index (χ0v) is 14.8. The van der Waals surface area contributed by atoms with Gasteiger partial charge in [0.25, 0.3) is 0 Å². The molecule has 2 amide bonds. The molecule has 0 radical (unpaired) electrons. The van der Waals surface area contributed by atoms with Crippen LogP contribution in [0.5, 0.6) is 5.75 Å². The number of para-hydroxylation sites is 1. The van der Waals surface area contributed by atoms with E-state index in [0.717, 1.165) is 29.7 Å². The summed E-state index contributed by atoms with van der Waals surface area (Å²) < 4.78 is 6.11. The Morgan fingerprint density at radius 1 is 1.04 bits per heavy atom. The number of hydrogen-bond donors (Lipinski definition) is 2. The van der Waals surface area contributed by atoms with Gasteiger partial charge in [0.1, 0.15) is 5.75 Å². The second-order valence-corrected chi connectivity index (χ2v) is 6.66. The second kappa shape index (κ2) is 8.56. The van der Waals surface area contributed by atoms with Gasteiger partial charge in [0.15, 0.2) is 0 Å². The number of urea groups is 1. The van der Waals surface area contributed by atoms with E-state index in [2.05, 4.69) is 16.7 Å². The van der Waals surface area contributed by atoms with E-state index < -0.39 is 0 Å². The Kier molecular flexibility index (Phi) is 5.94. The molecule has 2 aromatic carbocycles. The molecule has 1 aliphatic carbocycles. The average molecular weight is 338 g/mol. The highest BCUT2D eigenvalue weighted by Gasteiger charge is 2.17. The van der Waals surface area contributed by atoms with Crippen LogP contribution in [0.1, 0.15) is 42.4 Å². The minimum Gasteiger partial charge on any atom is -0.490 e. The summed E-state index contributed by atoms with van der Waals surface area (Å²) in [4.78, 5) is 12.1. The summed E-state index contributed by atoms with van der Waals surface area (Å²) >= 11 is 0. The first kappa shape index (κ1) is 17.3. The van der Waals surface area contributed by atoms with Crippen molar-refractivity contribution in [3.63, 3.8) is 0 Å². The zero-order chi connectivity index (χ0) is 17.5. The van der Waals surface area contributed by atoms with E-state index in [1.165, 1.54) is 18.4 Å². The lowest BCUT2D eigenvalue weighted by molar-refractivity contribution is 0.207. The molecular weight excluding hydrogens is 312 g/mol. The van der Waals surface area contributed by atoms with Crippen LogP contribution in [0.3, 0.4) is 0 Å². The fraction of sp³-hybridized carbons (Fsp3) is 0.381. The summed E-state index contributed by atoms with van der Waals surface area (Å²) in [5.74, 6) is 0.883. The molecule has 2 N–H and O–H groups in total. The van der Waals surface area contributed by atoms with E-state index in [9.17, 15) is 4.79 Å². The first-order valence-corrected chi connectivity index (χ1v) is 9.02. The third-order valence-electron chi connectivity index (χ3n) is 4.54. The maximum absolute atomic E-state index is 12.1. The van der Waals surface area contributed by atoms with E-state index in [4.69, 9.17) is 4.74 Å². The standard InChI is InChI=1S/C21H26N2O2/c1-16-7-6-8-17(13-16)14-22-21(24)23-15-18-9-2-5-12-20(18)25-19-10-3-4-11-19/h2,5-9,12-13,19H,3-4,10-11,14-15H2,1H3,(H2,22,23,24). The first-order valence-electron chi connectivity index (χ1n) is 9.02. The maximum Gasteiger partial charge on any atom is 0.315 e. The van der Waals surface area contributed by atoms with Crippen molar-refractivity contribution in [2.45, 2.75) is 51.8 Å². The van der Waals surface area contributed by atoms with Gasteiger partial charge in [0, 0.05) is 18.7 Å². The van der Waals surface area contributed by atoms with Crippen molar-refractivity contribution in [3.05, 3.63) is 65.2 Å². The molecule has 0 heterocycles. The van der Waals surface area contributed by atoms with Crippen molar-refractivity contribution in [2.75, 3.05) is 0 Å². The minimum absolute atomic E-state index is 0.169. The van der Waals surface area contributed by atoms with E-state index >= 15 is 0 Å². The van der Waals surface area contributed by atoms with Crippen LogP contribution < -0.4 is 15.4 Å². The van der Waals surface area contributed by atoms with Crippen molar-refractivity contribution in [2.24, 2.45) is 0 Å². The molecule has 3 rings (SSSR count). The molecule has 0 spiro atoms. The van der Waals surface area contributed by atoms with Crippen LogP contribution in [0.25, 0.3) is 0 Å². The largest absolute Gasteiger partial charge is 0.490 e. The van der Waals surface area contributed by atoms with Crippen LogP contribution in [-0.4, -0.2) is 12.1 Å². The number of rotatable bonds is 6. The summed E-state index contributed by atoms with van der Waals surface area (Å²) in [5.41, 5.74) is 3.30. The van der Waals surface area contributed by atoms with Crippen LogP contribution in [0.4, 0.5) is 4.79 Å². The lowest BCUT2D eigenvalue weighted by Gasteiger charge is -2.17. The topological polar surface area (TPSA) is 50.4 Å². The van der Waals surface area contributed by atoms with E-state index in [0.29, 0.717) is 19.2 Å². The van der Waals surface area contributed by atoms with Crippen molar-refractivity contribution in [1.29, 1.82) is 0 Å². The fourth-order valence-electron chi connectivity index (χ4n) is 3.19. The third kappa shape index (κ3) is 5.24. The van der Waals surface area contributed by atoms with E-state index in [-0.39, 0.29) is 6.03 Å². The van der Waals surface area contributed by atoms with Crippen LogP contribution >= 0.6 is 0 Å². The van der Waals surface area contributed by atoms with Crippen LogP contribution in [0.15, 0.2) is 48.5 Å². The van der Waals surface area contributed by atoms with Gasteiger partial charge in [0.2, 0.25) is 0 Å². The van der Waals surface area contributed by atoms with Gasteiger partial charge in [-0.05, 0) is 44.2 Å². The first-order chi connectivity index (χ1) is 12.2. The lowest BCUT2D eigenvalue weighted by atomic mass is 10.1. The molecule has 0 atom stereocenters. The number of benzene rings is 2. The smallest absolute Gasteiger partial charge is 0.315 e. The molecule has 1 saturated carbocycles. The van der Waals surface area contributed by atoms with Crippen LogP contribution in [-0.2, 0) is 13.1 Å². The summed E-state index contributed by atoms with van der Waals surface area (Å²) in [6.45, 7) is 3.03. The predicted molar refractivity (Wildman–Crippen MR) is 99.6 cm³/mol. The van der Waals surface area contributed by atoms with Gasteiger partial charge in [-0.15, -0.1) is 0 Å². The number of hydrogen-bond acceptors (Lipinski definition) is 2. The third-order valence-corrected chi connectivity index (χ3v) is 4.54. The number of nitrogens with one attached hydrogen (secondary N) is 2. The van der Waals surface area contributed by atoms with Gasteiger partial charge in [0.05, 0.1) is 6.10 Å². The second-order valence-electron chi connectivity index (χ2n) is 6.66. The number of amides is 2. The highest BCUT2D eigenvalue weighted by Crippen LogP contribution is 2.26. The van der Waals surface area contributed by atoms with Gasteiger partial charge in [-0.25, -0.2) is 4.79 Å². The number of carbonyl (C=O) groups excluding carboxylic acids is 1. The Balaban J connectivity index is 1.50. The summed E-state index contributed by atoms with van der Waals surface area (Å²) in [6.07, 6.45) is 5.05. The molecule has 132 valence electrons. The molecule has 2 aromatic rings. The molecule has 0 saturated heterocycles. The van der Waals surface area contributed by atoms with Crippen LogP contribution in [0, 0.1) is 6.92 Å². The fourth-order valence-corrected chi connectivity index (χ4v) is 3.19. The maximum atomic E-state index is 12.1. The van der Waals surface area contributed by atoms with Gasteiger partial charge in [-0.1, -0.05) is 48.0 Å². The Morgan fingerprint density at radius 3 is 2.60 bits per heavy atom. The van der Waals surface area contributed by atoms with Gasteiger partial charge in [-0.2, -0.15) is 0 Å². The Hall–Kier alpha value is -2.49. The van der Waals surface area contributed by atoms with Crippen LogP contribution in [0.2, 0.25) is 0 Å². The van der Waals surface area contributed by atoms with Gasteiger partial charge in [-0.3, -0.25) is 0 Å². The number of ether oxygens (including phenoxy) is 1. The summed E-state index contributed by atoms with van der Waals surface area (Å²) in [7, 11) is 0. The Labute approximate surface area is 149 Å². The van der Waals surface area contributed by atoms with Crippen molar-refractivity contribution < 1.29 is 9.53 Å². The summed E-state index contributed by atoms with van der Waals surface area (Å²) in [5, 5.41) is 5.82. The quantitative estimate of drug-likeness (QED) is 0.824. The number of carbonyl (C=O) groups is 1. The number of aryl methyl sites for hydroxylation is 1.